The van der Waals surface area contributed by atoms with Crippen molar-refractivity contribution in [1.82, 2.24) is 0 Å². The molecule has 0 unspecified atom stereocenters. The van der Waals surface area contributed by atoms with Crippen molar-refractivity contribution in [3.63, 3.8) is 0 Å². The minimum absolute atomic E-state index is 0.104. The zero-order valence-electron chi connectivity index (χ0n) is 17.0. The summed E-state index contributed by atoms with van der Waals surface area (Å²) in [4.78, 5) is 37.3. The van der Waals surface area contributed by atoms with E-state index < -0.39 is 18.0 Å². The van der Waals surface area contributed by atoms with Crippen molar-refractivity contribution in [2.75, 3.05) is 12.4 Å². The maximum Gasteiger partial charge on any atom is 0.343 e. The minimum atomic E-state index is -1.28. The lowest BCUT2D eigenvalue weighted by Gasteiger charge is -2.19. The Morgan fingerprint density at radius 3 is 2.32 bits per heavy atom. The number of phenolic OH excluding ortho intramolecular Hbond substituents is 1. The maximum absolute atomic E-state index is 13.0. The van der Waals surface area contributed by atoms with Crippen LogP contribution in [0.4, 0.5) is 5.69 Å². The molecule has 0 saturated carbocycles. The molecule has 3 rings (SSSR count). The first-order valence-electron chi connectivity index (χ1n) is 9.44. The lowest BCUT2D eigenvalue weighted by atomic mass is 10.1. The first kappa shape index (κ1) is 21.6. The molecular formula is C24H21NO6. The first-order valence-corrected chi connectivity index (χ1v) is 9.44. The summed E-state index contributed by atoms with van der Waals surface area (Å²) in [5.41, 5.74) is 1.17. The molecule has 31 heavy (non-hydrogen) atoms. The predicted molar refractivity (Wildman–Crippen MR) is 114 cm³/mol. The van der Waals surface area contributed by atoms with Gasteiger partial charge in [0.15, 0.2) is 5.78 Å². The fourth-order valence-corrected chi connectivity index (χ4v) is 2.91. The molecule has 7 nitrogen and oxygen atoms in total. The normalized spacial score (nSPS) is 11.3. The zero-order chi connectivity index (χ0) is 22.4. The number of hydrogen-bond acceptors (Lipinski definition) is 6. The topological polar surface area (TPSA) is 102 Å². The van der Waals surface area contributed by atoms with E-state index in [1.807, 2.05) is 0 Å². The second-order valence-electron chi connectivity index (χ2n) is 6.71. The fourth-order valence-electron chi connectivity index (χ4n) is 2.91. The Hall–Kier alpha value is -4.13. The van der Waals surface area contributed by atoms with E-state index in [2.05, 4.69) is 5.32 Å². The summed E-state index contributed by atoms with van der Waals surface area (Å²) >= 11 is 0. The van der Waals surface area contributed by atoms with Crippen LogP contribution in [0.3, 0.4) is 0 Å². The second-order valence-corrected chi connectivity index (χ2v) is 6.71. The van der Waals surface area contributed by atoms with Crippen molar-refractivity contribution in [3.05, 3.63) is 89.5 Å². The van der Waals surface area contributed by atoms with E-state index in [0.29, 0.717) is 22.6 Å². The van der Waals surface area contributed by atoms with Gasteiger partial charge in [-0.25, -0.2) is 4.79 Å². The number of hydrogen-bond donors (Lipinski definition) is 2. The van der Waals surface area contributed by atoms with Crippen LogP contribution >= 0.6 is 0 Å². The quantitative estimate of drug-likeness (QED) is 0.441. The van der Waals surface area contributed by atoms with Gasteiger partial charge >= 0.3 is 5.97 Å². The molecule has 0 fully saturated rings. The van der Waals surface area contributed by atoms with Gasteiger partial charge in [-0.15, -0.1) is 0 Å². The Kier molecular flexibility index (Phi) is 6.67. The number of benzene rings is 3. The van der Waals surface area contributed by atoms with Crippen LogP contribution in [-0.2, 0) is 9.53 Å². The average molecular weight is 419 g/mol. The lowest BCUT2D eigenvalue weighted by molar-refractivity contribution is -0.125. The molecule has 0 aromatic heterocycles. The van der Waals surface area contributed by atoms with Gasteiger partial charge in [0.1, 0.15) is 17.1 Å². The molecule has 7 heteroatoms. The van der Waals surface area contributed by atoms with Gasteiger partial charge in [0, 0.05) is 22.9 Å². The average Bonchev–Trinajstić information content (AvgIpc) is 2.77. The molecule has 2 N–H and O–H groups in total. The zero-order valence-corrected chi connectivity index (χ0v) is 17.0. The monoisotopic (exact) mass is 419 g/mol. The summed E-state index contributed by atoms with van der Waals surface area (Å²) < 4.78 is 10.5. The van der Waals surface area contributed by atoms with Crippen molar-refractivity contribution in [2.24, 2.45) is 0 Å². The molecule has 3 aromatic carbocycles. The summed E-state index contributed by atoms with van der Waals surface area (Å²) in [6, 6.07) is 19.1. The number of nitrogens with one attached hydrogen (secondary N) is 1. The predicted octanol–water partition coefficient (Wildman–Crippen LogP) is 4.14. The number of rotatable bonds is 7. The molecule has 0 spiro atoms. The smallest absolute Gasteiger partial charge is 0.343 e. The van der Waals surface area contributed by atoms with Crippen LogP contribution < -0.4 is 10.1 Å². The number of aromatic hydroxyl groups is 1. The molecular weight excluding hydrogens is 398 g/mol. The van der Waals surface area contributed by atoms with E-state index >= 15 is 0 Å². The molecule has 1 amide bonds. The summed E-state index contributed by atoms with van der Waals surface area (Å²) in [5, 5.41) is 12.8. The number of carbonyl (C=O) groups excluding carboxylic acids is 3. The Balaban J connectivity index is 1.87. The molecule has 1 atom stereocenters. The summed E-state index contributed by atoms with van der Waals surface area (Å²) in [5.74, 6) is -1.57. The van der Waals surface area contributed by atoms with Crippen LogP contribution in [-0.4, -0.2) is 29.9 Å². The standard InChI is InChI=1S/C24H21NO6/c1-15(26)17-9-6-10-18(13-17)25-23(28)22(16-7-4-3-5-8-16)31-24(29)20-12-11-19(30-2)14-21(20)27/h3-14,22,27H,1-2H3,(H,25,28)/t22-/m1/s1. The van der Waals surface area contributed by atoms with E-state index in [4.69, 9.17) is 9.47 Å². The Labute approximate surface area is 179 Å². The number of esters is 1. The van der Waals surface area contributed by atoms with Crippen LogP contribution in [0.1, 0.15) is 39.3 Å². The van der Waals surface area contributed by atoms with E-state index in [9.17, 15) is 19.5 Å². The third kappa shape index (κ3) is 5.27. The van der Waals surface area contributed by atoms with Gasteiger partial charge in [-0.05, 0) is 31.2 Å². The number of anilines is 1. The number of methoxy groups -OCH3 is 1. The SMILES string of the molecule is COc1ccc(C(=O)O[C@@H](C(=O)Nc2cccc(C(C)=O)c2)c2ccccc2)c(O)c1. The third-order valence-electron chi connectivity index (χ3n) is 4.53. The number of amides is 1. The van der Waals surface area contributed by atoms with Gasteiger partial charge in [-0.2, -0.15) is 0 Å². The molecule has 158 valence electrons. The Morgan fingerprint density at radius 2 is 1.68 bits per heavy atom. The van der Waals surface area contributed by atoms with Gasteiger partial charge in [0.2, 0.25) is 6.10 Å². The number of ether oxygens (including phenoxy) is 2. The third-order valence-corrected chi connectivity index (χ3v) is 4.53. The van der Waals surface area contributed by atoms with E-state index in [0.717, 1.165) is 0 Å². The summed E-state index contributed by atoms with van der Waals surface area (Å²) in [6.07, 6.45) is -1.28. The number of Topliss-reactive ketones (excluding diaryl/α,β-unsaturated/α-hetero) is 1. The van der Waals surface area contributed by atoms with Crippen molar-refractivity contribution < 1.29 is 29.0 Å². The first-order chi connectivity index (χ1) is 14.9. The number of carbonyl (C=O) groups is 3. The van der Waals surface area contributed by atoms with Crippen molar-refractivity contribution in [1.29, 1.82) is 0 Å². The van der Waals surface area contributed by atoms with Gasteiger partial charge in [-0.1, -0.05) is 42.5 Å². The van der Waals surface area contributed by atoms with Gasteiger partial charge in [0.05, 0.1) is 7.11 Å². The van der Waals surface area contributed by atoms with Gasteiger partial charge in [0.25, 0.3) is 5.91 Å². The van der Waals surface area contributed by atoms with E-state index in [-0.39, 0.29) is 17.1 Å². The number of phenols is 1. The molecule has 0 heterocycles. The maximum atomic E-state index is 13.0. The molecule has 0 saturated heterocycles. The highest BCUT2D eigenvalue weighted by Gasteiger charge is 2.27. The van der Waals surface area contributed by atoms with Gasteiger partial charge < -0.3 is 19.9 Å². The Morgan fingerprint density at radius 1 is 0.935 bits per heavy atom. The van der Waals surface area contributed by atoms with Crippen LogP contribution in [0.2, 0.25) is 0 Å². The van der Waals surface area contributed by atoms with E-state index in [1.165, 1.54) is 32.2 Å². The van der Waals surface area contributed by atoms with Crippen LogP contribution in [0.25, 0.3) is 0 Å². The summed E-state index contributed by atoms with van der Waals surface area (Å²) in [6.45, 7) is 1.43. The van der Waals surface area contributed by atoms with Gasteiger partial charge in [-0.3, -0.25) is 9.59 Å². The molecule has 0 bridgehead atoms. The second kappa shape index (κ2) is 9.58. The molecule has 0 aliphatic rings. The molecule has 0 aliphatic carbocycles. The largest absolute Gasteiger partial charge is 0.507 e. The van der Waals surface area contributed by atoms with Crippen LogP contribution in [0.5, 0.6) is 11.5 Å². The lowest BCUT2D eigenvalue weighted by Crippen LogP contribution is -2.26. The Bertz CT molecular complexity index is 1110. The fraction of sp³-hybridized carbons (Fsp3) is 0.125. The summed E-state index contributed by atoms with van der Waals surface area (Å²) in [7, 11) is 1.43. The van der Waals surface area contributed by atoms with Crippen molar-refractivity contribution in [3.8, 4) is 11.5 Å². The number of ketones is 1. The highest BCUT2D eigenvalue weighted by molar-refractivity contribution is 6.00. The van der Waals surface area contributed by atoms with Crippen LogP contribution in [0.15, 0.2) is 72.8 Å². The van der Waals surface area contributed by atoms with Crippen molar-refractivity contribution >= 4 is 23.3 Å². The molecule has 0 aliphatic heterocycles. The highest BCUT2D eigenvalue weighted by atomic mass is 16.5. The molecule has 0 radical (unpaired) electrons. The van der Waals surface area contributed by atoms with Crippen LogP contribution in [0, 0.1) is 0 Å². The van der Waals surface area contributed by atoms with Crippen molar-refractivity contribution in [2.45, 2.75) is 13.0 Å². The molecule has 3 aromatic rings. The highest BCUT2D eigenvalue weighted by Crippen LogP contribution is 2.27. The minimum Gasteiger partial charge on any atom is -0.507 e. The van der Waals surface area contributed by atoms with E-state index in [1.54, 1.807) is 54.6 Å².